The molecule has 23 heavy (non-hydrogen) atoms. The highest BCUT2D eigenvalue weighted by Gasteiger charge is 2.54. The Morgan fingerprint density at radius 3 is 2.91 bits per heavy atom. The third kappa shape index (κ3) is 2.50. The van der Waals surface area contributed by atoms with Gasteiger partial charge in [0.15, 0.2) is 0 Å². The van der Waals surface area contributed by atoms with Crippen LogP contribution < -0.4 is 5.32 Å². The average molecular weight is 320 g/mol. The van der Waals surface area contributed by atoms with Crippen LogP contribution >= 0.6 is 0 Å². The van der Waals surface area contributed by atoms with Gasteiger partial charge in [-0.25, -0.2) is 9.59 Å². The first kappa shape index (κ1) is 15.6. The molecule has 1 N–H and O–H groups in total. The maximum absolute atomic E-state index is 12.8. The quantitative estimate of drug-likeness (QED) is 0.680. The summed E-state index contributed by atoms with van der Waals surface area (Å²) in [6.45, 7) is 2.01. The van der Waals surface area contributed by atoms with Gasteiger partial charge in [-0.1, -0.05) is 19.8 Å². The fourth-order valence-corrected chi connectivity index (χ4v) is 3.47. The molecule has 0 radical (unpaired) electrons. The SMILES string of the molecule is COC(=O)c1ccc(CN2C(=O)N[C@]3(CCCC[C@H]3C)C2=O)o1. The number of imide groups is 1. The fourth-order valence-electron chi connectivity index (χ4n) is 3.47. The Balaban J connectivity index is 1.78. The third-order valence-electron chi connectivity index (χ3n) is 4.86. The summed E-state index contributed by atoms with van der Waals surface area (Å²) in [7, 11) is 1.26. The molecule has 3 rings (SSSR count). The van der Waals surface area contributed by atoms with Crippen molar-refractivity contribution in [3.8, 4) is 0 Å². The molecule has 1 aliphatic heterocycles. The van der Waals surface area contributed by atoms with Gasteiger partial charge in [0, 0.05) is 0 Å². The standard InChI is InChI=1S/C16H20N2O5/c1-10-5-3-4-8-16(10)14(20)18(15(21)17-16)9-11-6-7-12(23-11)13(19)22-2/h6-7,10H,3-5,8-9H2,1-2H3,(H,17,21)/t10-,16+/m1/s1. The molecule has 2 fully saturated rings. The van der Waals surface area contributed by atoms with E-state index in [9.17, 15) is 14.4 Å². The van der Waals surface area contributed by atoms with Crippen LogP contribution in [0.2, 0.25) is 0 Å². The molecule has 2 heterocycles. The number of amides is 3. The van der Waals surface area contributed by atoms with E-state index in [-0.39, 0.29) is 24.1 Å². The minimum atomic E-state index is -0.785. The van der Waals surface area contributed by atoms with Crippen LogP contribution in [0.1, 0.15) is 48.9 Å². The Morgan fingerprint density at radius 2 is 2.22 bits per heavy atom. The van der Waals surface area contributed by atoms with Crippen LogP contribution in [-0.2, 0) is 16.1 Å². The number of esters is 1. The lowest BCUT2D eigenvalue weighted by atomic mass is 9.73. The Kier molecular flexibility index (Phi) is 3.87. The van der Waals surface area contributed by atoms with Gasteiger partial charge in [0.25, 0.3) is 5.91 Å². The predicted molar refractivity (Wildman–Crippen MR) is 79.5 cm³/mol. The zero-order chi connectivity index (χ0) is 16.6. The van der Waals surface area contributed by atoms with E-state index < -0.39 is 17.5 Å². The summed E-state index contributed by atoms with van der Waals surface area (Å²) >= 11 is 0. The van der Waals surface area contributed by atoms with Crippen LogP contribution in [0, 0.1) is 5.92 Å². The van der Waals surface area contributed by atoms with E-state index in [1.165, 1.54) is 18.1 Å². The Morgan fingerprint density at radius 1 is 1.43 bits per heavy atom. The van der Waals surface area contributed by atoms with Crippen LogP contribution in [0.25, 0.3) is 0 Å². The molecule has 0 unspecified atom stereocenters. The molecular formula is C16H20N2O5. The molecule has 0 bridgehead atoms. The monoisotopic (exact) mass is 320 g/mol. The van der Waals surface area contributed by atoms with Crippen molar-refractivity contribution >= 4 is 17.9 Å². The first-order chi connectivity index (χ1) is 11.0. The van der Waals surface area contributed by atoms with E-state index in [0.29, 0.717) is 12.2 Å². The van der Waals surface area contributed by atoms with E-state index >= 15 is 0 Å². The number of hydrogen-bond donors (Lipinski definition) is 1. The Bertz CT molecular complexity index is 653. The first-order valence-corrected chi connectivity index (χ1v) is 7.79. The Hall–Kier alpha value is -2.31. The molecule has 7 heteroatoms. The normalized spacial score (nSPS) is 27.4. The highest BCUT2D eigenvalue weighted by atomic mass is 16.5. The fraction of sp³-hybridized carbons (Fsp3) is 0.562. The number of carbonyl (C=O) groups is 3. The average Bonchev–Trinajstić information content (AvgIpc) is 3.09. The van der Waals surface area contributed by atoms with Gasteiger partial charge in [0.2, 0.25) is 5.76 Å². The van der Waals surface area contributed by atoms with Crippen molar-refractivity contribution in [1.82, 2.24) is 10.2 Å². The van der Waals surface area contributed by atoms with E-state index in [1.54, 1.807) is 6.07 Å². The van der Waals surface area contributed by atoms with Gasteiger partial charge in [-0.3, -0.25) is 9.69 Å². The smallest absolute Gasteiger partial charge is 0.373 e. The predicted octanol–water partition coefficient (Wildman–Crippen LogP) is 2.07. The van der Waals surface area contributed by atoms with Gasteiger partial charge in [0.05, 0.1) is 13.7 Å². The zero-order valence-electron chi connectivity index (χ0n) is 13.3. The van der Waals surface area contributed by atoms with Crippen molar-refractivity contribution in [1.29, 1.82) is 0 Å². The number of ether oxygens (including phenoxy) is 1. The van der Waals surface area contributed by atoms with Crippen molar-refractivity contribution in [2.45, 2.75) is 44.7 Å². The van der Waals surface area contributed by atoms with Crippen LogP contribution in [-0.4, -0.2) is 35.5 Å². The number of nitrogens with zero attached hydrogens (tertiary/aromatic N) is 1. The lowest BCUT2D eigenvalue weighted by molar-refractivity contribution is -0.134. The summed E-state index contributed by atoms with van der Waals surface area (Å²) < 4.78 is 9.92. The summed E-state index contributed by atoms with van der Waals surface area (Å²) in [5.41, 5.74) is -0.785. The number of furan rings is 1. The maximum Gasteiger partial charge on any atom is 0.373 e. The largest absolute Gasteiger partial charge is 0.463 e. The van der Waals surface area contributed by atoms with Crippen molar-refractivity contribution < 1.29 is 23.5 Å². The van der Waals surface area contributed by atoms with Gasteiger partial charge < -0.3 is 14.5 Å². The molecule has 2 atom stereocenters. The van der Waals surface area contributed by atoms with Gasteiger partial charge in [-0.2, -0.15) is 0 Å². The molecule has 1 aliphatic carbocycles. The first-order valence-electron chi connectivity index (χ1n) is 7.79. The summed E-state index contributed by atoms with van der Waals surface area (Å²) in [5, 5.41) is 2.88. The molecule has 124 valence electrons. The molecule has 3 amide bonds. The van der Waals surface area contributed by atoms with Crippen LogP contribution in [0.4, 0.5) is 4.79 Å². The molecule has 7 nitrogen and oxygen atoms in total. The van der Waals surface area contributed by atoms with Gasteiger partial charge in [0.1, 0.15) is 11.3 Å². The number of rotatable bonds is 3. The van der Waals surface area contributed by atoms with E-state index in [0.717, 1.165) is 19.3 Å². The molecule has 0 aromatic carbocycles. The molecule has 1 aromatic heterocycles. The zero-order valence-corrected chi connectivity index (χ0v) is 13.3. The van der Waals surface area contributed by atoms with Crippen LogP contribution in [0.5, 0.6) is 0 Å². The maximum atomic E-state index is 12.8. The minimum absolute atomic E-state index is 0.0101. The van der Waals surface area contributed by atoms with Crippen molar-refractivity contribution in [3.63, 3.8) is 0 Å². The number of methoxy groups -OCH3 is 1. The second kappa shape index (κ2) is 5.72. The van der Waals surface area contributed by atoms with Crippen LogP contribution in [0.3, 0.4) is 0 Å². The number of nitrogens with one attached hydrogen (secondary N) is 1. The minimum Gasteiger partial charge on any atom is -0.463 e. The summed E-state index contributed by atoms with van der Waals surface area (Å²) in [6.07, 6.45) is 3.60. The highest BCUT2D eigenvalue weighted by molar-refractivity contribution is 6.07. The Labute approximate surface area is 134 Å². The van der Waals surface area contributed by atoms with Crippen molar-refractivity contribution in [2.75, 3.05) is 7.11 Å². The topological polar surface area (TPSA) is 88.9 Å². The molecular weight excluding hydrogens is 300 g/mol. The third-order valence-corrected chi connectivity index (χ3v) is 4.86. The second-order valence-corrected chi connectivity index (χ2v) is 6.20. The number of carbonyl (C=O) groups excluding carboxylic acids is 3. The molecule has 1 saturated heterocycles. The van der Waals surface area contributed by atoms with E-state index in [1.807, 2.05) is 6.92 Å². The highest BCUT2D eigenvalue weighted by Crippen LogP contribution is 2.38. The molecule has 1 aromatic rings. The van der Waals surface area contributed by atoms with Gasteiger partial charge in [-0.15, -0.1) is 0 Å². The molecule has 1 saturated carbocycles. The lowest BCUT2D eigenvalue weighted by Crippen LogP contribution is -2.53. The second-order valence-electron chi connectivity index (χ2n) is 6.20. The number of hydrogen-bond acceptors (Lipinski definition) is 5. The summed E-state index contributed by atoms with van der Waals surface area (Å²) in [4.78, 5) is 37.6. The van der Waals surface area contributed by atoms with E-state index in [2.05, 4.69) is 10.1 Å². The molecule has 2 aliphatic rings. The van der Waals surface area contributed by atoms with Crippen molar-refractivity contribution in [2.24, 2.45) is 5.92 Å². The molecule has 1 spiro atoms. The van der Waals surface area contributed by atoms with E-state index in [4.69, 9.17) is 4.42 Å². The van der Waals surface area contributed by atoms with Gasteiger partial charge in [-0.05, 0) is 30.9 Å². The van der Waals surface area contributed by atoms with Crippen LogP contribution in [0.15, 0.2) is 16.5 Å². The number of urea groups is 1. The lowest BCUT2D eigenvalue weighted by Gasteiger charge is -2.36. The van der Waals surface area contributed by atoms with Gasteiger partial charge >= 0.3 is 12.0 Å². The van der Waals surface area contributed by atoms with Crippen molar-refractivity contribution in [3.05, 3.63) is 23.7 Å². The summed E-state index contributed by atoms with van der Waals surface area (Å²) in [5.74, 6) is -0.263. The summed E-state index contributed by atoms with van der Waals surface area (Å²) in [6, 6.07) is 2.64.